The van der Waals surface area contributed by atoms with Gasteiger partial charge in [0.15, 0.2) is 0 Å². The van der Waals surface area contributed by atoms with Gasteiger partial charge in [0, 0.05) is 12.8 Å². The molecule has 2 aromatic carbocycles. The number of cyclic esters (lactones) is 1. The van der Waals surface area contributed by atoms with Gasteiger partial charge < -0.3 is 14.7 Å². The number of halogens is 1. The molecule has 0 radical (unpaired) electrons. The first-order valence-corrected chi connectivity index (χ1v) is 10.7. The fourth-order valence-electron chi connectivity index (χ4n) is 3.15. The molecule has 0 aromatic heterocycles. The number of phenols is 1. The quantitative estimate of drug-likeness (QED) is 0.361. The Morgan fingerprint density at radius 3 is 2.71 bits per heavy atom. The maximum absolute atomic E-state index is 12.8. The minimum absolute atomic E-state index is 0.0983. The zero-order valence-corrected chi connectivity index (χ0v) is 18.2. The minimum Gasteiger partial charge on any atom is -0.506 e. The van der Waals surface area contributed by atoms with E-state index in [2.05, 4.69) is 11.2 Å². The molecular weight excluding hydrogens is 414 g/mol. The fourth-order valence-corrected chi connectivity index (χ4v) is 3.38. The van der Waals surface area contributed by atoms with E-state index in [-0.39, 0.29) is 23.3 Å². The van der Waals surface area contributed by atoms with Crippen molar-refractivity contribution in [2.45, 2.75) is 45.3 Å². The Kier molecular flexibility index (Phi) is 8.30. The molecule has 0 aliphatic carbocycles. The van der Waals surface area contributed by atoms with Crippen molar-refractivity contribution in [1.82, 2.24) is 0 Å². The van der Waals surface area contributed by atoms with Gasteiger partial charge in [0.05, 0.1) is 16.3 Å². The topological polar surface area (TPSA) is 68.1 Å². The molecule has 3 rings (SSSR count). The van der Waals surface area contributed by atoms with Crippen LogP contribution in [0.5, 0.6) is 5.75 Å². The lowest BCUT2D eigenvalue weighted by Gasteiger charge is -2.16. The van der Waals surface area contributed by atoms with Gasteiger partial charge >= 0.3 is 5.97 Å². The average molecular weight is 440 g/mol. The molecule has 5 nitrogen and oxygen atoms in total. The third kappa shape index (κ3) is 6.72. The summed E-state index contributed by atoms with van der Waals surface area (Å²) >= 11 is 6.37. The van der Waals surface area contributed by atoms with Crippen LogP contribution in [0.4, 0.5) is 0 Å². The van der Waals surface area contributed by atoms with Crippen LogP contribution in [0.1, 0.15) is 47.7 Å². The zero-order chi connectivity index (χ0) is 22.1. The van der Waals surface area contributed by atoms with Gasteiger partial charge in [0.1, 0.15) is 18.5 Å². The van der Waals surface area contributed by atoms with E-state index in [9.17, 15) is 9.90 Å². The van der Waals surface area contributed by atoms with Crippen molar-refractivity contribution in [2.75, 3.05) is 0 Å². The van der Waals surface area contributed by atoms with E-state index in [1.165, 1.54) is 12.1 Å². The summed E-state index contributed by atoms with van der Waals surface area (Å²) in [6.45, 7) is 2.17. The Morgan fingerprint density at radius 2 is 1.90 bits per heavy atom. The SMILES string of the molecule is C[C@@H]1C/C=C/CC/C=C/C(=N\OCc2ccccc2)Cc2c(ccc(O)c2Cl)C(=O)O1. The number of fused-ring (bicyclic) bond motifs is 1. The largest absolute Gasteiger partial charge is 0.506 e. The number of rotatable bonds is 3. The minimum atomic E-state index is -0.483. The van der Waals surface area contributed by atoms with Crippen molar-refractivity contribution in [3.05, 3.63) is 88.5 Å². The van der Waals surface area contributed by atoms with Gasteiger partial charge in [-0.1, -0.05) is 65.3 Å². The number of phenolic OH excluding ortho intramolecular Hbond substituents is 1. The first-order chi connectivity index (χ1) is 15.0. The second-order valence-corrected chi connectivity index (χ2v) is 7.72. The van der Waals surface area contributed by atoms with Crippen molar-refractivity contribution in [2.24, 2.45) is 5.16 Å². The van der Waals surface area contributed by atoms with E-state index in [4.69, 9.17) is 21.2 Å². The molecule has 0 saturated heterocycles. The molecule has 1 N–H and O–H groups in total. The number of aromatic hydroxyl groups is 1. The van der Waals surface area contributed by atoms with E-state index >= 15 is 0 Å². The van der Waals surface area contributed by atoms with Crippen molar-refractivity contribution in [3.63, 3.8) is 0 Å². The predicted octanol–water partition coefficient (Wildman–Crippen LogP) is 6.00. The van der Waals surface area contributed by atoms with Crippen LogP contribution in [0.2, 0.25) is 5.02 Å². The Bertz CT molecular complexity index is 983. The predicted molar refractivity (Wildman–Crippen MR) is 122 cm³/mol. The number of carbonyl (C=O) groups is 1. The average Bonchev–Trinajstić information content (AvgIpc) is 2.76. The van der Waals surface area contributed by atoms with Crippen molar-refractivity contribution >= 4 is 23.3 Å². The number of esters is 1. The van der Waals surface area contributed by atoms with Gasteiger partial charge in [-0.3, -0.25) is 0 Å². The molecule has 31 heavy (non-hydrogen) atoms. The Hall–Kier alpha value is -3.05. The molecule has 2 aromatic rings. The van der Waals surface area contributed by atoms with Gasteiger partial charge in [-0.15, -0.1) is 0 Å². The highest BCUT2D eigenvalue weighted by atomic mass is 35.5. The van der Waals surface area contributed by atoms with Gasteiger partial charge in [-0.25, -0.2) is 4.79 Å². The molecule has 0 saturated carbocycles. The molecular formula is C25H26ClNO4. The fraction of sp³-hybridized carbons (Fsp3) is 0.280. The third-order valence-corrected chi connectivity index (χ3v) is 5.23. The number of allylic oxidation sites excluding steroid dienone is 3. The van der Waals surface area contributed by atoms with Crippen LogP contribution in [-0.4, -0.2) is 22.9 Å². The number of carbonyl (C=O) groups excluding carboxylic acids is 1. The van der Waals surface area contributed by atoms with E-state index in [1.54, 1.807) is 0 Å². The standard InChI is InChI=1S/C25H26ClNO4/c1-18-10-6-3-2-4-9-13-20(27-30-17-19-11-7-5-8-12-19)16-22-21(25(29)31-18)14-15-23(28)24(22)26/h3,5-9,11-15,18,28H,2,4,10,16-17H2,1H3/b6-3+,13-9+,27-20+/t18-/m1/s1. The van der Waals surface area contributed by atoms with E-state index in [1.807, 2.05) is 55.5 Å². The Morgan fingerprint density at radius 1 is 1.13 bits per heavy atom. The number of nitrogens with zero attached hydrogens (tertiary/aromatic N) is 1. The van der Waals surface area contributed by atoms with Crippen molar-refractivity contribution in [3.8, 4) is 5.75 Å². The van der Waals surface area contributed by atoms with Crippen LogP contribution < -0.4 is 0 Å². The molecule has 1 aliphatic rings. The van der Waals surface area contributed by atoms with Crippen LogP contribution in [0.25, 0.3) is 0 Å². The highest BCUT2D eigenvalue weighted by Gasteiger charge is 2.21. The van der Waals surface area contributed by atoms with Gasteiger partial charge in [0.25, 0.3) is 0 Å². The molecule has 0 unspecified atom stereocenters. The first kappa shape index (κ1) is 22.6. The summed E-state index contributed by atoms with van der Waals surface area (Å²) in [6, 6.07) is 12.6. The molecule has 0 spiro atoms. The second-order valence-electron chi connectivity index (χ2n) is 7.35. The number of benzene rings is 2. The first-order valence-electron chi connectivity index (χ1n) is 10.3. The van der Waals surface area contributed by atoms with E-state index < -0.39 is 5.97 Å². The molecule has 1 atom stereocenters. The second kappa shape index (κ2) is 11.4. The summed E-state index contributed by atoms with van der Waals surface area (Å²) in [5.74, 6) is -0.581. The van der Waals surface area contributed by atoms with Crippen molar-refractivity contribution in [1.29, 1.82) is 0 Å². The molecule has 1 heterocycles. The van der Waals surface area contributed by atoms with Gasteiger partial charge in [0.2, 0.25) is 0 Å². The lowest BCUT2D eigenvalue weighted by atomic mass is 10.0. The molecule has 0 amide bonds. The summed E-state index contributed by atoms with van der Waals surface area (Å²) in [4.78, 5) is 18.3. The maximum atomic E-state index is 12.8. The van der Waals surface area contributed by atoms with Crippen LogP contribution >= 0.6 is 11.6 Å². The Labute approximate surface area is 187 Å². The van der Waals surface area contributed by atoms with Gasteiger partial charge in [-0.2, -0.15) is 0 Å². The zero-order valence-electron chi connectivity index (χ0n) is 17.5. The highest BCUT2D eigenvalue weighted by molar-refractivity contribution is 6.33. The maximum Gasteiger partial charge on any atom is 0.338 e. The van der Waals surface area contributed by atoms with Crippen LogP contribution in [0.15, 0.2) is 71.9 Å². The summed E-state index contributed by atoms with van der Waals surface area (Å²) < 4.78 is 5.57. The van der Waals surface area contributed by atoms with Crippen LogP contribution in [-0.2, 0) is 22.6 Å². The third-order valence-electron chi connectivity index (χ3n) is 4.81. The lowest BCUT2D eigenvalue weighted by Crippen LogP contribution is -2.17. The molecule has 6 heteroatoms. The van der Waals surface area contributed by atoms with E-state index in [0.717, 1.165) is 18.4 Å². The number of ether oxygens (including phenoxy) is 1. The number of oxime groups is 1. The lowest BCUT2D eigenvalue weighted by molar-refractivity contribution is 0.0347. The van der Waals surface area contributed by atoms with E-state index in [0.29, 0.717) is 29.9 Å². The van der Waals surface area contributed by atoms with Crippen molar-refractivity contribution < 1.29 is 19.5 Å². The normalized spacial score (nSPS) is 20.9. The number of hydrogen-bond donors (Lipinski definition) is 1. The van der Waals surface area contributed by atoms with Crippen LogP contribution in [0, 0.1) is 0 Å². The monoisotopic (exact) mass is 439 g/mol. The summed E-state index contributed by atoms with van der Waals surface area (Å²) in [7, 11) is 0. The van der Waals surface area contributed by atoms with Gasteiger partial charge in [-0.05, 0) is 49.1 Å². The highest BCUT2D eigenvalue weighted by Crippen LogP contribution is 2.31. The summed E-state index contributed by atoms with van der Waals surface area (Å²) in [5, 5.41) is 14.5. The molecule has 162 valence electrons. The summed E-state index contributed by atoms with van der Waals surface area (Å²) in [6.07, 6.45) is 10.2. The number of hydrogen-bond acceptors (Lipinski definition) is 5. The molecule has 0 bridgehead atoms. The van der Waals surface area contributed by atoms with Crippen LogP contribution in [0.3, 0.4) is 0 Å². The smallest absolute Gasteiger partial charge is 0.338 e. The summed E-state index contributed by atoms with van der Waals surface area (Å²) in [5.41, 5.74) is 2.35. The Balaban J connectivity index is 1.91. The molecule has 1 aliphatic heterocycles. The molecule has 0 fully saturated rings.